The van der Waals surface area contributed by atoms with Crippen LogP contribution in [0.5, 0.6) is 0 Å². The van der Waals surface area contributed by atoms with Crippen molar-refractivity contribution in [1.29, 1.82) is 0 Å². The van der Waals surface area contributed by atoms with Crippen LogP contribution in [0.2, 0.25) is 0 Å². The largest absolute Gasteiger partial charge is 0.399 e. The van der Waals surface area contributed by atoms with Crippen LogP contribution >= 0.6 is 0 Å². The van der Waals surface area contributed by atoms with Crippen molar-refractivity contribution in [2.75, 3.05) is 5.73 Å². The van der Waals surface area contributed by atoms with Crippen LogP contribution in [0.4, 0.5) is 10.1 Å². The molecule has 0 saturated heterocycles. The van der Waals surface area contributed by atoms with Crippen molar-refractivity contribution in [3.63, 3.8) is 0 Å². The van der Waals surface area contributed by atoms with Crippen LogP contribution in [0.1, 0.15) is 11.1 Å². The second kappa shape index (κ2) is 4.13. The summed E-state index contributed by atoms with van der Waals surface area (Å²) < 4.78 is 13.3. The topological polar surface area (TPSA) is 26.0 Å². The zero-order valence-corrected chi connectivity index (χ0v) is 8.28. The Kier molecular flexibility index (Phi) is 2.68. The molecule has 15 heavy (non-hydrogen) atoms. The lowest BCUT2D eigenvalue weighted by atomic mass is 10.0. The summed E-state index contributed by atoms with van der Waals surface area (Å²) in [7, 11) is 0. The minimum atomic E-state index is -0.158. The summed E-state index contributed by atoms with van der Waals surface area (Å²) in [5, 5.41) is 0. The van der Waals surface area contributed by atoms with Gasteiger partial charge in [-0.2, -0.15) is 0 Å². The maximum atomic E-state index is 13.3. The summed E-state index contributed by atoms with van der Waals surface area (Å²) in [6, 6.07) is 14.3. The Morgan fingerprint density at radius 1 is 0.933 bits per heavy atom. The molecule has 2 aromatic carbocycles. The van der Waals surface area contributed by atoms with Gasteiger partial charge in [-0.25, -0.2) is 4.39 Å². The molecule has 0 atom stereocenters. The molecule has 76 valence electrons. The smallest absolute Gasteiger partial charge is 0.126 e. The first-order valence-corrected chi connectivity index (χ1v) is 4.83. The van der Waals surface area contributed by atoms with Gasteiger partial charge in [0.25, 0.3) is 0 Å². The highest BCUT2D eigenvalue weighted by atomic mass is 19.1. The van der Waals surface area contributed by atoms with Gasteiger partial charge in [-0.1, -0.05) is 30.3 Å². The van der Waals surface area contributed by atoms with Crippen LogP contribution in [-0.4, -0.2) is 0 Å². The maximum Gasteiger partial charge on any atom is 0.126 e. The first-order chi connectivity index (χ1) is 7.25. The molecule has 0 saturated carbocycles. The third-order valence-corrected chi connectivity index (χ3v) is 2.33. The molecule has 2 heteroatoms. The molecule has 0 amide bonds. The molecule has 0 radical (unpaired) electrons. The van der Waals surface area contributed by atoms with Gasteiger partial charge in [-0.05, 0) is 29.3 Å². The van der Waals surface area contributed by atoms with Gasteiger partial charge in [-0.15, -0.1) is 0 Å². The molecule has 0 unspecified atom stereocenters. The third-order valence-electron chi connectivity index (χ3n) is 2.33. The molecular weight excluding hydrogens is 189 g/mol. The molecule has 0 aliphatic rings. The quantitative estimate of drug-likeness (QED) is 0.742. The van der Waals surface area contributed by atoms with Crippen molar-refractivity contribution in [3.05, 3.63) is 65.5 Å². The zero-order valence-electron chi connectivity index (χ0n) is 8.28. The number of nitrogen functional groups attached to an aromatic ring is 1. The number of hydrogen-bond acceptors (Lipinski definition) is 1. The molecule has 1 nitrogen and oxygen atoms in total. The summed E-state index contributed by atoms with van der Waals surface area (Å²) in [4.78, 5) is 0. The van der Waals surface area contributed by atoms with E-state index in [1.165, 1.54) is 6.07 Å². The minimum Gasteiger partial charge on any atom is -0.399 e. The molecule has 0 heterocycles. The molecule has 0 fully saturated rings. The average Bonchev–Trinajstić information content (AvgIpc) is 2.25. The van der Waals surface area contributed by atoms with E-state index in [9.17, 15) is 4.39 Å². The van der Waals surface area contributed by atoms with Crippen LogP contribution in [-0.2, 0) is 6.42 Å². The standard InChI is InChI=1S/C13H12FN/c14-13-4-2-1-3-11(13)9-10-5-7-12(15)8-6-10/h1-8H,9,15H2. The summed E-state index contributed by atoms with van der Waals surface area (Å²) >= 11 is 0. The lowest BCUT2D eigenvalue weighted by molar-refractivity contribution is 0.614. The maximum absolute atomic E-state index is 13.3. The number of anilines is 1. The second-order valence-corrected chi connectivity index (χ2v) is 3.51. The van der Waals surface area contributed by atoms with Gasteiger partial charge in [-0.3, -0.25) is 0 Å². The predicted octanol–water partition coefficient (Wildman–Crippen LogP) is 3.00. The summed E-state index contributed by atoms with van der Waals surface area (Å²) in [6.45, 7) is 0. The van der Waals surface area contributed by atoms with E-state index in [1.807, 2.05) is 30.3 Å². The normalized spacial score (nSPS) is 10.2. The Bertz CT molecular complexity index is 448. The molecular formula is C13H12FN. The van der Waals surface area contributed by atoms with Crippen LogP contribution in [0.25, 0.3) is 0 Å². The molecule has 0 aliphatic carbocycles. The number of rotatable bonds is 2. The van der Waals surface area contributed by atoms with Gasteiger partial charge >= 0.3 is 0 Å². The fraction of sp³-hybridized carbons (Fsp3) is 0.0769. The number of halogens is 1. The fourth-order valence-corrected chi connectivity index (χ4v) is 1.50. The summed E-state index contributed by atoms with van der Waals surface area (Å²) in [5.74, 6) is -0.158. The van der Waals surface area contributed by atoms with Gasteiger partial charge in [0, 0.05) is 12.1 Å². The zero-order chi connectivity index (χ0) is 10.7. The summed E-state index contributed by atoms with van der Waals surface area (Å²) in [6.07, 6.45) is 0.604. The monoisotopic (exact) mass is 201 g/mol. The lowest BCUT2D eigenvalue weighted by Gasteiger charge is -2.03. The molecule has 0 spiro atoms. The van der Waals surface area contributed by atoms with Crippen LogP contribution in [0.15, 0.2) is 48.5 Å². The van der Waals surface area contributed by atoms with E-state index in [1.54, 1.807) is 12.1 Å². The fourth-order valence-electron chi connectivity index (χ4n) is 1.50. The van der Waals surface area contributed by atoms with Crippen LogP contribution in [0, 0.1) is 5.82 Å². The van der Waals surface area contributed by atoms with E-state index in [4.69, 9.17) is 5.73 Å². The molecule has 2 rings (SSSR count). The highest BCUT2D eigenvalue weighted by Gasteiger charge is 2.01. The highest BCUT2D eigenvalue weighted by Crippen LogP contribution is 2.14. The highest BCUT2D eigenvalue weighted by molar-refractivity contribution is 5.40. The van der Waals surface area contributed by atoms with Gasteiger partial charge in [0.15, 0.2) is 0 Å². The number of nitrogens with two attached hydrogens (primary N) is 1. The van der Waals surface area contributed by atoms with Crippen molar-refractivity contribution >= 4 is 5.69 Å². The van der Waals surface area contributed by atoms with Crippen LogP contribution in [0.3, 0.4) is 0 Å². The average molecular weight is 201 g/mol. The van der Waals surface area contributed by atoms with Gasteiger partial charge in [0.2, 0.25) is 0 Å². The van der Waals surface area contributed by atoms with E-state index in [-0.39, 0.29) is 5.82 Å². The van der Waals surface area contributed by atoms with E-state index in [0.29, 0.717) is 12.0 Å². The second-order valence-electron chi connectivity index (χ2n) is 3.51. The molecule has 0 bridgehead atoms. The van der Waals surface area contributed by atoms with Gasteiger partial charge < -0.3 is 5.73 Å². The van der Waals surface area contributed by atoms with Crippen molar-refractivity contribution in [3.8, 4) is 0 Å². The Hall–Kier alpha value is -1.83. The Labute approximate surface area is 88.4 Å². The lowest BCUT2D eigenvalue weighted by Crippen LogP contribution is -1.92. The number of hydrogen-bond donors (Lipinski definition) is 1. The van der Waals surface area contributed by atoms with E-state index < -0.39 is 0 Å². The Balaban J connectivity index is 2.22. The minimum absolute atomic E-state index is 0.158. The predicted molar refractivity (Wildman–Crippen MR) is 60.1 cm³/mol. The third kappa shape index (κ3) is 2.34. The molecule has 2 aromatic rings. The number of benzene rings is 2. The first kappa shape index (κ1) is 9.71. The molecule has 0 aliphatic heterocycles. The molecule has 0 aromatic heterocycles. The van der Waals surface area contributed by atoms with E-state index in [2.05, 4.69) is 0 Å². The van der Waals surface area contributed by atoms with Crippen molar-refractivity contribution < 1.29 is 4.39 Å². The van der Waals surface area contributed by atoms with E-state index >= 15 is 0 Å². The van der Waals surface area contributed by atoms with Gasteiger partial charge in [0.1, 0.15) is 5.82 Å². The van der Waals surface area contributed by atoms with Gasteiger partial charge in [0.05, 0.1) is 0 Å². The van der Waals surface area contributed by atoms with Crippen molar-refractivity contribution in [2.45, 2.75) is 6.42 Å². The first-order valence-electron chi connectivity index (χ1n) is 4.83. The Morgan fingerprint density at radius 2 is 1.60 bits per heavy atom. The van der Waals surface area contributed by atoms with Crippen molar-refractivity contribution in [2.24, 2.45) is 0 Å². The van der Waals surface area contributed by atoms with Crippen LogP contribution < -0.4 is 5.73 Å². The Morgan fingerprint density at radius 3 is 2.27 bits per heavy atom. The van der Waals surface area contributed by atoms with Crippen molar-refractivity contribution in [1.82, 2.24) is 0 Å². The SMILES string of the molecule is Nc1ccc(Cc2ccccc2F)cc1. The molecule has 2 N–H and O–H groups in total. The summed E-state index contributed by atoms with van der Waals surface area (Å²) in [5.41, 5.74) is 8.08. The van der Waals surface area contributed by atoms with E-state index in [0.717, 1.165) is 11.3 Å².